The number of benzene rings is 2. The van der Waals surface area contributed by atoms with Crippen LogP contribution in [0.3, 0.4) is 0 Å². The summed E-state index contributed by atoms with van der Waals surface area (Å²) in [5.41, 5.74) is 9.73. The molecule has 2 aromatic carbocycles. The van der Waals surface area contributed by atoms with Gasteiger partial charge in [0.2, 0.25) is 5.91 Å². The number of amides is 1. The Balaban J connectivity index is 2.22. The zero-order chi connectivity index (χ0) is 15.2. The quantitative estimate of drug-likeness (QED) is 0.850. The molecule has 1 amide bonds. The molecule has 0 fully saturated rings. The average Bonchev–Trinajstić information content (AvgIpc) is 2.47. The van der Waals surface area contributed by atoms with E-state index in [0.717, 1.165) is 17.7 Å². The van der Waals surface area contributed by atoms with Crippen molar-refractivity contribution in [1.29, 1.82) is 0 Å². The van der Waals surface area contributed by atoms with Crippen molar-refractivity contribution in [2.75, 3.05) is 5.32 Å². The highest BCUT2D eigenvalue weighted by Gasteiger charge is 2.12. The molecule has 0 spiro atoms. The molecule has 3 heteroatoms. The molecule has 2 rings (SSSR count). The van der Waals surface area contributed by atoms with E-state index in [-0.39, 0.29) is 18.4 Å². The fraction of sp³-hybridized carbons (Fsp3) is 0.278. The number of nitrogens with two attached hydrogens (primary N) is 1. The molecule has 0 aliphatic carbocycles. The molecule has 3 nitrogen and oxygen atoms in total. The summed E-state index contributed by atoms with van der Waals surface area (Å²) in [6, 6.07) is 16.6. The first kappa shape index (κ1) is 15.1. The minimum Gasteiger partial charge on any atom is -0.378 e. The first-order chi connectivity index (χ1) is 10.1. The molecule has 1 unspecified atom stereocenters. The van der Waals surface area contributed by atoms with Gasteiger partial charge in [-0.3, -0.25) is 4.79 Å². The van der Waals surface area contributed by atoms with Gasteiger partial charge < -0.3 is 11.1 Å². The van der Waals surface area contributed by atoms with Crippen LogP contribution in [0.25, 0.3) is 0 Å². The van der Waals surface area contributed by atoms with Crippen LogP contribution >= 0.6 is 0 Å². The molecule has 3 N–H and O–H groups in total. The fourth-order valence-corrected chi connectivity index (χ4v) is 2.41. The molecule has 21 heavy (non-hydrogen) atoms. The van der Waals surface area contributed by atoms with E-state index < -0.39 is 0 Å². The zero-order valence-corrected chi connectivity index (χ0v) is 12.6. The molecule has 0 saturated carbocycles. The summed E-state index contributed by atoms with van der Waals surface area (Å²) < 4.78 is 0. The molecule has 0 bridgehead atoms. The molecule has 110 valence electrons. The van der Waals surface area contributed by atoms with Gasteiger partial charge in [-0.1, -0.05) is 55.0 Å². The van der Waals surface area contributed by atoms with E-state index in [9.17, 15) is 4.79 Å². The Hall–Kier alpha value is -2.29. The highest BCUT2D eigenvalue weighted by molar-refractivity contribution is 5.78. The Morgan fingerprint density at radius 2 is 1.81 bits per heavy atom. The van der Waals surface area contributed by atoms with Gasteiger partial charge in [-0.2, -0.15) is 0 Å². The van der Waals surface area contributed by atoms with Crippen LogP contribution in [0.4, 0.5) is 5.69 Å². The Labute approximate surface area is 126 Å². The van der Waals surface area contributed by atoms with Crippen LogP contribution in [-0.2, 0) is 11.2 Å². The highest BCUT2D eigenvalue weighted by atomic mass is 16.1. The third-order valence-electron chi connectivity index (χ3n) is 3.60. The smallest absolute Gasteiger partial charge is 0.221 e. The molecule has 1 atom stereocenters. The zero-order valence-electron chi connectivity index (χ0n) is 12.6. The number of primary amides is 1. The number of hydrogen-bond donors (Lipinski definition) is 2. The minimum atomic E-state index is -0.312. The SMILES string of the molecule is CCC(Nc1ccccc1CC(N)=O)c1ccc(C)cc1. The van der Waals surface area contributed by atoms with E-state index in [4.69, 9.17) is 5.73 Å². The molecule has 2 aromatic rings. The van der Waals surface area contributed by atoms with E-state index >= 15 is 0 Å². The molecule has 0 aliphatic heterocycles. The second-order valence-corrected chi connectivity index (χ2v) is 5.32. The van der Waals surface area contributed by atoms with E-state index in [1.54, 1.807) is 0 Å². The Morgan fingerprint density at radius 1 is 1.14 bits per heavy atom. The predicted octanol–water partition coefficient (Wildman–Crippen LogP) is 3.59. The van der Waals surface area contributed by atoms with Crippen molar-refractivity contribution in [3.05, 3.63) is 65.2 Å². The van der Waals surface area contributed by atoms with Gasteiger partial charge in [-0.25, -0.2) is 0 Å². The number of rotatable bonds is 6. The fourth-order valence-electron chi connectivity index (χ4n) is 2.41. The Kier molecular flexibility index (Phi) is 4.99. The van der Waals surface area contributed by atoms with Crippen molar-refractivity contribution in [2.24, 2.45) is 5.73 Å². The maximum atomic E-state index is 11.2. The van der Waals surface area contributed by atoms with Crippen LogP contribution in [0.15, 0.2) is 48.5 Å². The van der Waals surface area contributed by atoms with Crippen LogP contribution in [0.5, 0.6) is 0 Å². The highest BCUT2D eigenvalue weighted by Crippen LogP contribution is 2.25. The summed E-state index contributed by atoms with van der Waals surface area (Å²) in [5, 5.41) is 3.53. The maximum Gasteiger partial charge on any atom is 0.221 e. The second kappa shape index (κ2) is 6.93. The monoisotopic (exact) mass is 282 g/mol. The lowest BCUT2D eigenvalue weighted by Crippen LogP contribution is -2.16. The van der Waals surface area contributed by atoms with Gasteiger partial charge in [0.25, 0.3) is 0 Å². The van der Waals surface area contributed by atoms with Crippen LogP contribution < -0.4 is 11.1 Å². The average molecular weight is 282 g/mol. The maximum absolute atomic E-state index is 11.2. The molecule has 0 saturated heterocycles. The minimum absolute atomic E-state index is 0.222. The standard InChI is InChI=1S/C18H22N2O/c1-3-16(14-10-8-13(2)9-11-14)20-17-7-5-4-6-15(17)12-18(19)21/h4-11,16,20H,3,12H2,1-2H3,(H2,19,21). The molecular formula is C18H22N2O. The number of carbonyl (C=O) groups is 1. The lowest BCUT2D eigenvalue weighted by atomic mass is 10.0. The van der Waals surface area contributed by atoms with Gasteiger partial charge in [0.05, 0.1) is 12.5 Å². The van der Waals surface area contributed by atoms with Crippen molar-refractivity contribution in [2.45, 2.75) is 32.7 Å². The normalized spacial score (nSPS) is 11.9. The largest absolute Gasteiger partial charge is 0.378 e. The number of anilines is 1. The van der Waals surface area contributed by atoms with Gasteiger partial charge in [0.15, 0.2) is 0 Å². The Bertz CT molecular complexity index is 605. The first-order valence-electron chi connectivity index (χ1n) is 7.29. The van der Waals surface area contributed by atoms with Crippen molar-refractivity contribution >= 4 is 11.6 Å². The number of para-hydroxylation sites is 1. The van der Waals surface area contributed by atoms with E-state index in [1.807, 2.05) is 24.3 Å². The van der Waals surface area contributed by atoms with Crippen LogP contribution in [0.1, 0.15) is 36.1 Å². The van der Waals surface area contributed by atoms with Crippen LogP contribution in [-0.4, -0.2) is 5.91 Å². The second-order valence-electron chi connectivity index (χ2n) is 5.32. The number of aryl methyl sites for hydroxylation is 1. The number of nitrogens with one attached hydrogen (secondary N) is 1. The summed E-state index contributed by atoms with van der Waals surface area (Å²) in [4.78, 5) is 11.2. The van der Waals surface area contributed by atoms with E-state index in [1.165, 1.54) is 11.1 Å². The van der Waals surface area contributed by atoms with Gasteiger partial charge >= 0.3 is 0 Å². The van der Waals surface area contributed by atoms with Gasteiger partial charge in [0, 0.05) is 5.69 Å². The molecule has 0 heterocycles. The van der Waals surface area contributed by atoms with Crippen molar-refractivity contribution in [3.63, 3.8) is 0 Å². The lowest BCUT2D eigenvalue weighted by molar-refractivity contribution is -0.117. The number of carbonyl (C=O) groups excluding carboxylic acids is 1. The Morgan fingerprint density at radius 3 is 2.43 bits per heavy atom. The molecular weight excluding hydrogens is 260 g/mol. The topological polar surface area (TPSA) is 55.1 Å². The van der Waals surface area contributed by atoms with Gasteiger partial charge in [-0.15, -0.1) is 0 Å². The first-order valence-corrected chi connectivity index (χ1v) is 7.29. The summed E-state index contributed by atoms with van der Waals surface area (Å²) in [6.07, 6.45) is 1.22. The van der Waals surface area contributed by atoms with Crippen molar-refractivity contribution in [3.8, 4) is 0 Å². The van der Waals surface area contributed by atoms with E-state index in [0.29, 0.717) is 0 Å². The van der Waals surface area contributed by atoms with Crippen LogP contribution in [0.2, 0.25) is 0 Å². The third kappa shape index (κ3) is 4.09. The van der Waals surface area contributed by atoms with Gasteiger partial charge in [0.1, 0.15) is 0 Å². The van der Waals surface area contributed by atoms with Gasteiger partial charge in [-0.05, 0) is 30.5 Å². The predicted molar refractivity (Wildman–Crippen MR) is 87.2 cm³/mol. The van der Waals surface area contributed by atoms with Crippen molar-refractivity contribution < 1.29 is 4.79 Å². The molecule has 0 aliphatic rings. The summed E-state index contributed by atoms with van der Waals surface area (Å²) in [6.45, 7) is 4.23. The summed E-state index contributed by atoms with van der Waals surface area (Å²) in [5.74, 6) is -0.312. The van der Waals surface area contributed by atoms with Crippen molar-refractivity contribution in [1.82, 2.24) is 0 Å². The summed E-state index contributed by atoms with van der Waals surface area (Å²) in [7, 11) is 0. The molecule has 0 radical (unpaired) electrons. The summed E-state index contributed by atoms with van der Waals surface area (Å²) >= 11 is 0. The van der Waals surface area contributed by atoms with E-state index in [2.05, 4.69) is 43.4 Å². The lowest BCUT2D eigenvalue weighted by Gasteiger charge is -2.21. The van der Waals surface area contributed by atoms with Crippen LogP contribution in [0, 0.1) is 6.92 Å². The third-order valence-corrected chi connectivity index (χ3v) is 3.60. The number of hydrogen-bond acceptors (Lipinski definition) is 2. The molecule has 0 aromatic heterocycles.